The Bertz CT molecular complexity index is 1320. The summed E-state index contributed by atoms with van der Waals surface area (Å²) in [6.07, 6.45) is 1.70. The summed E-state index contributed by atoms with van der Waals surface area (Å²) in [5.74, 6) is -1.49. The van der Waals surface area contributed by atoms with E-state index in [0.717, 1.165) is 24.3 Å². The van der Waals surface area contributed by atoms with E-state index in [2.05, 4.69) is 0 Å². The van der Waals surface area contributed by atoms with Gasteiger partial charge in [-0.3, -0.25) is 25.0 Å². The van der Waals surface area contributed by atoms with Crippen LogP contribution in [0.2, 0.25) is 0 Å². The minimum absolute atomic E-state index is 0.291. The van der Waals surface area contributed by atoms with Gasteiger partial charge in [0.25, 0.3) is 11.4 Å². The molecule has 2 aromatic carbocycles. The minimum atomic E-state index is -3.97. The normalized spacial score (nSPS) is 12.9. The number of nitro groups is 2. The van der Waals surface area contributed by atoms with E-state index in [1.807, 2.05) is 0 Å². The molecule has 0 saturated heterocycles. The highest BCUT2D eigenvalue weighted by molar-refractivity contribution is 7.91. The molecule has 3 rings (SSSR count). The lowest BCUT2D eigenvalue weighted by atomic mass is 10.0. The van der Waals surface area contributed by atoms with E-state index in [9.17, 15) is 41.9 Å². The number of fused-ring (bicyclic) bond motifs is 3. The molecular weight excluding hydrogens is 488 g/mol. The molecule has 34 heavy (non-hydrogen) atoms. The van der Waals surface area contributed by atoms with Gasteiger partial charge in [-0.2, -0.15) is 0 Å². The van der Waals surface area contributed by atoms with Crippen LogP contribution in [0.25, 0.3) is 11.1 Å². The summed E-state index contributed by atoms with van der Waals surface area (Å²) < 4.78 is 50.7. The Morgan fingerprint density at radius 1 is 0.706 bits per heavy atom. The molecule has 0 saturated carbocycles. The first kappa shape index (κ1) is 25.4. The zero-order chi connectivity index (χ0) is 25.4. The van der Waals surface area contributed by atoms with Gasteiger partial charge in [0.2, 0.25) is 0 Å². The first-order chi connectivity index (χ1) is 15.9. The fourth-order valence-electron chi connectivity index (χ4n) is 3.78. The lowest BCUT2D eigenvalue weighted by molar-refractivity contribution is -0.386. The van der Waals surface area contributed by atoms with Crippen molar-refractivity contribution in [2.24, 2.45) is 0 Å². The van der Waals surface area contributed by atoms with E-state index >= 15 is 0 Å². The zero-order valence-electron chi connectivity index (χ0n) is 18.4. The van der Waals surface area contributed by atoms with Crippen LogP contribution in [-0.4, -0.2) is 44.0 Å². The molecule has 2 aromatic rings. The highest BCUT2D eigenvalue weighted by atomic mass is 32.2. The number of hydrogen-bond acceptors (Lipinski definition) is 9. The van der Waals surface area contributed by atoms with E-state index < -0.39 is 56.5 Å². The first-order valence-electron chi connectivity index (χ1n) is 10.5. The molecule has 1 aliphatic carbocycles. The maximum absolute atomic E-state index is 13.2. The van der Waals surface area contributed by atoms with Crippen LogP contribution in [0.1, 0.15) is 55.5 Å². The van der Waals surface area contributed by atoms with Gasteiger partial charge in [0.1, 0.15) is 0 Å². The largest absolute Gasteiger partial charge is 0.289 e. The molecule has 0 bridgehead atoms. The van der Waals surface area contributed by atoms with E-state index in [1.54, 1.807) is 13.8 Å². The molecule has 182 valence electrons. The quantitative estimate of drug-likeness (QED) is 0.290. The Morgan fingerprint density at radius 3 is 1.35 bits per heavy atom. The summed E-state index contributed by atoms with van der Waals surface area (Å²) in [4.78, 5) is 34.2. The van der Waals surface area contributed by atoms with Crippen LogP contribution in [0.4, 0.5) is 11.4 Å². The number of carbonyl (C=O) groups is 1. The second-order valence-electron chi connectivity index (χ2n) is 7.92. The van der Waals surface area contributed by atoms with Crippen molar-refractivity contribution in [3.63, 3.8) is 0 Å². The van der Waals surface area contributed by atoms with Crippen LogP contribution < -0.4 is 0 Å². The predicted molar refractivity (Wildman–Crippen MR) is 123 cm³/mol. The average molecular weight is 511 g/mol. The molecule has 1 aliphatic rings. The molecule has 0 amide bonds. The molecule has 0 aliphatic heterocycles. The van der Waals surface area contributed by atoms with E-state index in [4.69, 9.17) is 0 Å². The van der Waals surface area contributed by atoms with Crippen LogP contribution in [0.3, 0.4) is 0 Å². The summed E-state index contributed by atoms with van der Waals surface area (Å²) in [6.45, 7) is 3.54. The van der Waals surface area contributed by atoms with Gasteiger partial charge in [0.15, 0.2) is 25.5 Å². The molecule has 0 heterocycles. The van der Waals surface area contributed by atoms with Crippen LogP contribution in [0.5, 0.6) is 0 Å². The van der Waals surface area contributed by atoms with E-state index in [0.29, 0.717) is 25.7 Å². The number of hydrogen-bond donors (Lipinski definition) is 0. The van der Waals surface area contributed by atoms with Crippen LogP contribution in [0, 0.1) is 20.2 Å². The van der Waals surface area contributed by atoms with Crippen LogP contribution >= 0.6 is 0 Å². The van der Waals surface area contributed by atoms with Crippen molar-refractivity contribution in [2.75, 3.05) is 11.5 Å². The number of benzene rings is 2. The van der Waals surface area contributed by atoms with Gasteiger partial charge in [-0.1, -0.05) is 26.7 Å². The molecule has 0 radical (unpaired) electrons. The summed E-state index contributed by atoms with van der Waals surface area (Å²) >= 11 is 0. The standard InChI is InChI=1S/C21H22N2O9S2/c1-3-5-7-33(29,30)13-9-15-19(17(11-13)22(25)26)20-16(21(15)24)10-14(12-18(20)23(27)28)34(31,32)8-6-4-2/h9-12H,3-8H2,1-2H3. The lowest BCUT2D eigenvalue weighted by Gasteiger charge is -2.09. The molecule has 0 fully saturated rings. The second-order valence-corrected chi connectivity index (χ2v) is 12.1. The highest BCUT2D eigenvalue weighted by Gasteiger charge is 2.41. The Labute approximate surface area is 195 Å². The van der Waals surface area contributed by atoms with Crippen LogP contribution in [-0.2, 0) is 19.7 Å². The number of nitrogens with zero attached hydrogens (tertiary/aromatic N) is 2. The molecule has 0 aromatic heterocycles. The van der Waals surface area contributed by atoms with Crippen molar-refractivity contribution < 1.29 is 31.5 Å². The van der Waals surface area contributed by atoms with Crippen molar-refractivity contribution in [1.29, 1.82) is 0 Å². The average Bonchev–Trinajstić information content (AvgIpc) is 3.07. The third kappa shape index (κ3) is 4.44. The molecule has 13 heteroatoms. The molecule has 0 unspecified atom stereocenters. The van der Waals surface area contributed by atoms with E-state index in [1.165, 1.54) is 0 Å². The fraction of sp³-hybridized carbons (Fsp3) is 0.381. The van der Waals surface area contributed by atoms with Crippen LogP contribution in [0.15, 0.2) is 34.1 Å². The van der Waals surface area contributed by atoms with Gasteiger partial charge in [-0.05, 0) is 25.0 Å². The summed E-state index contributed by atoms with van der Waals surface area (Å²) in [5, 5.41) is 23.7. The first-order valence-corrected chi connectivity index (χ1v) is 13.8. The van der Waals surface area contributed by atoms with Crippen molar-refractivity contribution in [3.05, 3.63) is 55.6 Å². The Hall–Kier alpha value is -3.19. The Kier molecular flexibility index (Phi) is 6.90. The number of carbonyl (C=O) groups excluding carboxylic acids is 1. The smallest absolute Gasteiger partial charge is 0.279 e. The van der Waals surface area contributed by atoms with Gasteiger partial charge in [-0.25, -0.2) is 16.8 Å². The maximum Gasteiger partial charge on any atom is 0.279 e. The number of unbranched alkanes of at least 4 members (excludes halogenated alkanes) is 2. The van der Waals surface area contributed by atoms with Gasteiger partial charge < -0.3 is 0 Å². The molecule has 11 nitrogen and oxygen atoms in total. The summed E-state index contributed by atoms with van der Waals surface area (Å²) in [5.41, 5.74) is -3.09. The minimum Gasteiger partial charge on any atom is -0.289 e. The molecule has 0 N–H and O–H groups in total. The molecule has 0 atom stereocenters. The Balaban J connectivity index is 2.34. The van der Waals surface area contributed by atoms with Crippen molar-refractivity contribution in [1.82, 2.24) is 0 Å². The number of nitro benzene ring substituents is 2. The zero-order valence-corrected chi connectivity index (χ0v) is 20.1. The van der Waals surface area contributed by atoms with Crippen molar-refractivity contribution in [2.45, 2.75) is 49.3 Å². The molecular formula is C21H22N2O9S2. The van der Waals surface area contributed by atoms with Gasteiger partial charge >= 0.3 is 0 Å². The lowest BCUT2D eigenvalue weighted by Crippen LogP contribution is -2.09. The number of sulfone groups is 2. The predicted octanol–water partition coefficient (Wildman–Crippen LogP) is 3.86. The summed E-state index contributed by atoms with van der Waals surface area (Å²) in [6, 6.07) is 3.54. The molecule has 0 spiro atoms. The SMILES string of the molecule is CCCCS(=O)(=O)c1cc2c(c([N+](=O)[O-])c1)-c1c(cc(S(=O)(=O)CCCC)cc1[N+](=O)[O-])C2=O. The summed E-state index contributed by atoms with van der Waals surface area (Å²) in [7, 11) is -7.93. The maximum atomic E-state index is 13.2. The van der Waals surface area contributed by atoms with Crippen molar-refractivity contribution in [3.8, 4) is 11.1 Å². The van der Waals surface area contributed by atoms with Gasteiger partial charge in [-0.15, -0.1) is 0 Å². The number of ketones is 1. The monoisotopic (exact) mass is 510 g/mol. The third-order valence-corrected chi connectivity index (χ3v) is 9.13. The fourth-order valence-corrected chi connectivity index (χ4v) is 6.77. The third-order valence-electron chi connectivity index (χ3n) is 5.57. The highest BCUT2D eigenvalue weighted by Crippen LogP contribution is 2.49. The van der Waals surface area contributed by atoms with Gasteiger partial charge in [0, 0.05) is 23.3 Å². The second kappa shape index (κ2) is 9.22. The topological polar surface area (TPSA) is 172 Å². The van der Waals surface area contributed by atoms with E-state index in [-0.39, 0.29) is 33.8 Å². The Morgan fingerprint density at radius 2 is 1.06 bits per heavy atom. The van der Waals surface area contributed by atoms with Gasteiger partial charge in [0.05, 0.1) is 42.3 Å². The van der Waals surface area contributed by atoms with Crippen molar-refractivity contribution >= 4 is 36.8 Å². The number of rotatable bonds is 10.